The number of nitriles is 1. The van der Waals surface area contributed by atoms with Crippen LogP contribution < -0.4 is 21.2 Å². The van der Waals surface area contributed by atoms with E-state index in [0.29, 0.717) is 0 Å². The van der Waals surface area contributed by atoms with Crippen LogP contribution in [0.25, 0.3) is 0 Å². The molecule has 0 bridgehead atoms. The van der Waals surface area contributed by atoms with Crippen molar-refractivity contribution in [1.82, 2.24) is 0 Å². The molecule has 317 valence electrons. The SMILES string of the molecule is CC1(C)O[C@@H]2[C@@H](CO[C@@]3(C#N)OC(C)(C)O[C@@H]23)O1.F[P-](F)(F)(F)(F)F.[CH]1[CH][CH][CH][CH]1.[Ru+2].c1ccc(P(CCP(c2ccccc2)c2ccccc2)c2ccccc2)cc1. The van der Waals surface area contributed by atoms with Gasteiger partial charge in [-0.3, -0.25) is 0 Å². The van der Waals surface area contributed by atoms with Gasteiger partial charge >= 0.3 is 52.5 Å². The summed E-state index contributed by atoms with van der Waals surface area (Å²) < 4.78 is 87.7. The maximum Gasteiger partial charge on any atom is 2.00 e. The molecule has 0 aromatic heterocycles. The molecule has 3 aliphatic heterocycles. The summed E-state index contributed by atoms with van der Waals surface area (Å²) in [6.07, 6.45) is 11.2. The summed E-state index contributed by atoms with van der Waals surface area (Å²) in [5.74, 6) is -2.96. The van der Waals surface area contributed by atoms with E-state index >= 15 is 0 Å². The zero-order chi connectivity index (χ0) is 42.1. The first-order valence-electron chi connectivity index (χ1n) is 18.4. The van der Waals surface area contributed by atoms with Gasteiger partial charge in [0.05, 0.1) is 6.61 Å². The van der Waals surface area contributed by atoms with Crippen LogP contribution in [0.4, 0.5) is 25.2 Å². The van der Waals surface area contributed by atoms with Gasteiger partial charge in [-0.15, -0.1) is 0 Å². The molecule has 0 unspecified atom stereocenters. The van der Waals surface area contributed by atoms with Crippen LogP contribution in [-0.4, -0.2) is 54.6 Å². The molecule has 16 heteroatoms. The van der Waals surface area contributed by atoms with Crippen LogP contribution >= 0.6 is 23.7 Å². The Morgan fingerprint density at radius 2 is 0.915 bits per heavy atom. The van der Waals surface area contributed by atoms with Crippen molar-refractivity contribution >= 4 is 44.9 Å². The number of rotatable bonds is 7. The van der Waals surface area contributed by atoms with E-state index < -0.39 is 31.3 Å². The van der Waals surface area contributed by atoms with E-state index in [9.17, 15) is 30.4 Å². The van der Waals surface area contributed by atoms with Gasteiger partial charge in [-0.2, -0.15) is 5.26 Å². The van der Waals surface area contributed by atoms with Crippen molar-refractivity contribution in [3.8, 4) is 6.07 Å². The summed E-state index contributed by atoms with van der Waals surface area (Å²) in [5, 5.41) is 15.2. The predicted octanol–water partition coefficient (Wildman–Crippen LogP) is 10.6. The Hall–Kier alpha value is -2.34. The Morgan fingerprint density at radius 1 is 0.576 bits per heavy atom. The van der Waals surface area contributed by atoms with Crippen LogP contribution in [0.1, 0.15) is 27.7 Å². The van der Waals surface area contributed by atoms with E-state index in [1.54, 1.807) is 13.8 Å². The topological polar surface area (TPSA) is 69.9 Å². The summed E-state index contributed by atoms with van der Waals surface area (Å²) >= 11 is 0. The monoisotopic (exact) mass is 965 g/mol. The molecule has 59 heavy (non-hydrogen) atoms. The van der Waals surface area contributed by atoms with E-state index in [1.165, 1.54) is 33.5 Å². The van der Waals surface area contributed by atoms with Gasteiger partial charge in [-0.1, -0.05) is 121 Å². The molecular formula is C43H46F6NO5P3Ru+. The van der Waals surface area contributed by atoms with Crippen LogP contribution in [0.5, 0.6) is 0 Å². The Bertz CT molecular complexity index is 1750. The molecule has 3 heterocycles. The van der Waals surface area contributed by atoms with Crippen LogP contribution in [-0.2, 0) is 43.2 Å². The van der Waals surface area contributed by atoms with E-state index in [-0.39, 0.29) is 54.1 Å². The average molecular weight is 965 g/mol. The molecule has 0 spiro atoms. The summed E-state index contributed by atoms with van der Waals surface area (Å²) in [4.78, 5) is 0. The van der Waals surface area contributed by atoms with Gasteiger partial charge in [0.25, 0.3) is 5.79 Å². The van der Waals surface area contributed by atoms with Crippen LogP contribution in [0.15, 0.2) is 121 Å². The number of hydrogen-bond acceptors (Lipinski definition) is 6. The van der Waals surface area contributed by atoms with Gasteiger partial charge in [0.15, 0.2) is 17.7 Å². The zero-order valence-electron chi connectivity index (χ0n) is 32.7. The van der Waals surface area contributed by atoms with Gasteiger partial charge in [-0.25, -0.2) is 0 Å². The molecule has 5 radical (unpaired) electrons. The van der Waals surface area contributed by atoms with Crippen LogP contribution in [0, 0.1) is 43.4 Å². The second-order valence-corrected chi connectivity index (χ2v) is 20.9. The van der Waals surface area contributed by atoms with Gasteiger partial charge in [0.2, 0.25) is 0 Å². The second-order valence-electron chi connectivity index (χ2n) is 14.3. The third kappa shape index (κ3) is 16.1. The van der Waals surface area contributed by atoms with E-state index in [4.69, 9.17) is 23.7 Å². The van der Waals surface area contributed by atoms with Gasteiger partial charge < -0.3 is 23.7 Å². The number of halogens is 6. The van der Waals surface area contributed by atoms with Gasteiger partial charge in [0, 0.05) is 0 Å². The second kappa shape index (κ2) is 19.8. The van der Waals surface area contributed by atoms with Crippen molar-refractivity contribution in [2.24, 2.45) is 0 Å². The molecule has 3 saturated heterocycles. The molecule has 8 rings (SSSR count). The Balaban J connectivity index is 0.000000210. The molecule has 0 amide bonds. The van der Waals surface area contributed by atoms with E-state index in [2.05, 4.69) is 127 Å². The van der Waals surface area contributed by atoms with Crippen molar-refractivity contribution in [2.75, 3.05) is 18.9 Å². The van der Waals surface area contributed by atoms with Gasteiger partial charge in [0.1, 0.15) is 18.3 Å². The Morgan fingerprint density at radius 3 is 1.24 bits per heavy atom. The number of benzene rings is 4. The molecule has 4 aliphatic rings. The normalized spacial score (nSPS) is 24.8. The van der Waals surface area contributed by atoms with Crippen LogP contribution in [0.2, 0.25) is 0 Å². The summed E-state index contributed by atoms with van der Waals surface area (Å²) in [6, 6.07) is 46.3. The minimum absolute atomic E-state index is 0. The number of hydrogen-bond donors (Lipinski definition) is 0. The molecule has 1 aliphatic carbocycles. The molecule has 4 aromatic carbocycles. The van der Waals surface area contributed by atoms with E-state index in [0.717, 1.165) is 0 Å². The van der Waals surface area contributed by atoms with E-state index in [1.807, 2.05) is 46.0 Å². The predicted molar refractivity (Wildman–Crippen MR) is 221 cm³/mol. The molecule has 4 fully saturated rings. The van der Waals surface area contributed by atoms with Crippen molar-refractivity contribution in [3.05, 3.63) is 153 Å². The first-order valence-corrected chi connectivity index (χ1v) is 23.5. The van der Waals surface area contributed by atoms with Crippen molar-refractivity contribution < 1.29 is 68.3 Å². The van der Waals surface area contributed by atoms with Gasteiger partial charge in [-0.05, 0) is 109 Å². The first-order chi connectivity index (χ1) is 27.1. The summed E-state index contributed by atoms with van der Waals surface area (Å²) in [6.45, 7) is 7.44. The molecular weight excluding hydrogens is 918 g/mol. The minimum atomic E-state index is -10.7. The molecule has 4 aromatic rings. The van der Waals surface area contributed by atoms with Crippen LogP contribution in [0.3, 0.4) is 0 Å². The quantitative estimate of drug-likeness (QED) is 0.104. The fraction of sp³-hybridized carbons (Fsp3) is 0.302. The number of nitrogens with zero attached hydrogens (tertiary/aromatic N) is 1. The van der Waals surface area contributed by atoms with Crippen molar-refractivity contribution in [3.63, 3.8) is 0 Å². The largest absolute Gasteiger partial charge is 2.00 e. The molecule has 0 N–H and O–H groups in total. The fourth-order valence-electron chi connectivity index (χ4n) is 6.57. The molecule has 1 saturated carbocycles. The maximum absolute atomic E-state index is 10.7. The standard InChI is InChI=1S/C26H24P2.C12H17NO5.C5H5.F6P.Ru/c1-5-13-23(14-6-1)27(24-15-7-2-8-16-24)21-22-28(25-17-9-3-10-18-25)26-19-11-4-12-20-26;1-10(2)15-7-5-14-12(6-13)9(8(7)16-10)17-11(3,4)18-12;1-2-4-5-3-1;1-7(2,3,4,5)6;/h1-20H,21-22H2;7-9H,5H2,1-4H3;1-5H;;/q;;;-1;+2/t;7-,8-,9+,12+;;;/m.1.../s1. The third-order valence-electron chi connectivity index (χ3n) is 8.69. The first kappa shape index (κ1) is 49.3. The number of fused-ring (bicyclic) bond motifs is 3. The fourth-order valence-corrected chi connectivity index (χ4v) is 11.9. The number of ether oxygens (including phenoxy) is 5. The smallest absolute Gasteiger partial charge is 0.0622 e. The minimum Gasteiger partial charge on any atom is -0.0622 e. The Kier molecular flexibility index (Phi) is 16.5. The third-order valence-corrected chi connectivity index (χ3v) is 14.1. The summed E-state index contributed by atoms with van der Waals surface area (Å²) in [5.41, 5.74) is 0. The Labute approximate surface area is 358 Å². The zero-order valence-corrected chi connectivity index (χ0v) is 37.2. The maximum atomic E-state index is 9.87. The molecule has 4 atom stereocenters. The van der Waals surface area contributed by atoms with Crippen molar-refractivity contribution in [1.29, 1.82) is 5.26 Å². The summed E-state index contributed by atoms with van der Waals surface area (Å²) in [7, 11) is -11.4. The molecule has 6 nitrogen and oxygen atoms in total. The van der Waals surface area contributed by atoms with Crippen molar-refractivity contribution in [2.45, 2.75) is 63.4 Å². The average Bonchev–Trinajstić information content (AvgIpc) is 3.92.